The highest BCUT2D eigenvalue weighted by atomic mass is 32.2. The van der Waals surface area contributed by atoms with E-state index in [0.717, 1.165) is 12.0 Å². The van der Waals surface area contributed by atoms with E-state index in [9.17, 15) is 9.59 Å². The van der Waals surface area contributed by atoms with Gasteiger partial charge in [0.2, 0.25) is 11.1 Å². The summed E-state index contributed by atoms with van der Waals surface area (Å²) in [5.74, 6) is -0.269. The minimum atomic E-state index is -0.566. The lowest BCUT2D eigenvalue weighted by molar-refractivity contribution is -0.115. The van der Waals surface area contributed by atoms with Crippen molar-refractivity contribution in [2.24, 2.45) is 0 Å². The van der Waals surface area contributed by atoms with Crippen molar-refractivity contribution in [1.29, 1.82) is 0 Å². The van der Waals surface area contributed by atoms with E-state index < -0.39 is 5.25 Å². The number of carbonyl (C=O) groups excluding carboxylic acids is 2. The number of aryl methyl sites for hydroxylation is 2. The van der Waals surface area contributed by atoms with Crippen molar-refractivity contribution in [3.63, 3.8) is 0 Å². The molecule has 1 atom stereocenters. The molecule has 7 nitrogen and oxygen atoms in total. The normalized spacial score (nSPS) is 11.8. The molecule has 0 fully saturated rings. The third-order valence-electron chi connectivity index (χ3n) is 4.75. The number of anilines is 1. The fraction of sp³-hybridized carbons (Fsp3) is 0.174. The Bertz CT molecular complexity index is 1190. The van der Waals surface area contributed by atoms with Gasteiger partial charge < -0.3 is 5.32 Å². The maximum atomic E-state index is 13.3. The number of benzene rings is 2. The molecule has 1 unspecified atom stereocenters. The van der Waals surface area contributed by atoms with Gasteiger partial charge >= 0.3 is 0 Å². The van der Waals surface area contributed by atoms with Crippen molar-refractivity contribution in [3.05, 3.63) is 88.1 Å². The summed E-state index contributed by atoms with van der Waals surface area (Å²) in [6.45, 7) is 2.12. The van der Waals surface area contributed by atoms with Crippen LogP contribution in [0.3, 0.4) is 0 Å². The number of amides is 1. The van der Waals surface area contributed by atoms with Crippen LogP contribution in [0.2, 0.25) is 0 Å². The Morgan fingerprint density at radius 1 is 1.09 bits per heavy atom. The summed E-state index contributed by atoms with van der Waals surface area (Å²) >= 11 is 3.00. The van der Waals surface area contributed by atoms with Gasteiger partial charge in [-0.15, -0.1) is 16.4 Å². The van der Waals surface area contributed by atoms with Crippen LogP contribution in [0, 0.1) is 0 Å². The summed E-state index contributed by atoms with van der Waals surface area (Å²) in [5.41, 5.74) is 1.95. The lowest BCUT2D eigenvalue weighted by Crippen LogP contribution is -2.20. The monoisotopic (exact) mass is 463 g/mol. The highest BCUT2D eigenvalue weighted by Crippen LogP contribution is 2.35. The fourth-order valence-electron chi connectivity index (χ4n) is 3.12. The van der Waals surface area contributed by atoms with Gasteiger partial charge in [-0.2, -0.15) is 0 Å². The van der Waals surface area contributed by atoms with Crippen LogP contribution in [-0.2, 0) is 17.8 Å². The van der Waals surface area contributed by atoms with Gasteiger partial charge in [0.1, 0.15) is 5.25 Å². The zero-order chi connectivity index (χ0) is 22.3. The Hall–Kier alpha value is -3.30. The lowest BCUT2D eigenvalue weighted by Gasteiger charge is -2.17. The van der Waals surface area contributed by atoms with Crippen LogP contribution in [0.25, 0.3) is 0 Å². The molecule has 2 aromatic heterocycles. The van der Waals surface area contributed by atoms with Gasteiger partial charge in [0.15, 0.2) is 5.78 Å². The minimum Gasteiger partial charge on any atom is -0.325 e. The number of aromatic nitrogens is 4. The van der Waals surface area contributed by atoms with Crippen LogP contribution in [0.5, 0.6) is 0 Å². The molecular formula is C23H21N5O2S2. The van der Waals surface area contributed by atoms with Crippen molar-refractivity contribution in [3.8, 4) is 0 Å². The molecule has 0 aliphatic rings. The first-order chi connectivity index (χ1) is 15.6. The largest absolute Gasteiger partial charge is 0.325 e. The molecule has 9 heteroatoms. The van der Waals surface area contributed by atoms with Gasteiger partial charge in [0.25, 0.3) is 0 Å². The summed E-state index contributed by atoms with van der Waals surface area (Å²) in [7, 11) is 0. The number of thioether (sulfide) groups is 1. The smallest absolute Gasteiger partial charge is 0.242 e. The molecule has 0 bridgehead atoms. The molecule has 4 rings (SSSR count). The SMILES string of the molecule is CC(=O)c1cccc(NC(=O)C(Sc2nnnn2CCc2cccs2)c2ccccc2)c1. The van der Waals surface area contributed by atoms with E-state index in [1.807, 2.05) is 41.8 Å². The molecule has 0 saturated heterocycles. The summed E-state index contributed by atoms with van der Waals surface area (Å²) in [5, 5.41) is 17.1. The van der Waals surface area contributed by atoms with Crippen molar-refractivity contribution >= 4 is 40.5 Å². The maximum absolute atomic E-state index is 13.3. The minimum absolute atomic E-state index is 0.0556. The molecule has 2 heterocycles. The van der Waals surface area contributed by atoms with Crippen LogP contribution in [0.1, 0.15) is 33.0 Å². The molecule has 1 amide bonds. The van der Waals surface area contributed by atoms with Gasteiger partial charge in [-0.3, -0.25) is 9.59 Å². The Morgan fingerprint density at radius 3 is 2.69 bits per heavy atom. The van der Waals surface area contributed by atoms with Gasteiger partial charge in [-0.1, -0.05) is 60.3 Å². The second-order valence-corrected chi connectivity index (χ2v) is 9.15. The van der Waals surface area contributed by atoms with Gasteiger partial charge in [-0.05, 0) is 46.5 Å². The third kappa shape index (κ3) is 5.49. The maximum Gasteiger partial charge on any atom is 0.242 e. The second kappa shape index (κ2) is 10.3. The molecule has 1 N–H and O–H groups in total. The highest BCUT2D eigenvalue weighted by molar-refractivity contribution is 8.00. The average molecular weight is 464 g/mol. The zero-order valence-electron chi connectivity index (χ0n) is 17.3. The molecular weight excluding hydrogens is 442 g/mol. The first-order valence-corrected chi connectivity index (χ1v) is 11.8. The van der Waals surface area contributed by atoms with Gasteiger partial charge in [-0.25, -0.2) is 4.68 Å². The summed E-state index contributed by atoms with van der Waals surface area (Å²) in [4.78, 5) is 26.2. The lowest BCUT2D eigenvalue weighted by atomic mass is 10.1. The number of carbonyl (C=O) groups is 2. The van der Waals surface area contributed by atoms with E-state index in [-0.39, 0.29) is 11.7 Å². The zero-order valence-corrected chi connectivity index (χ0v) is 19.0. The molecule has 0 saturated carbocycles. The van der Waals surface area contributed by atoms with E-state index in [1.54, 1.807) is 40.3 Å². The number of thiophene rings is 1. The standard InChI is InChI=1S/C23H21N5O2S2/c1-16(29)18-9-5-10-19(15-18)24-22(30)21(17-7-3-2-4-8-17)32-23-25-26-27-28(23)13-12-20-11-6-14-31-20/h2-11,14-15,21H,12-13H2,1H3,(H,24,30). The number of Topliss-reactive ketones (excluding diaryl/α,β-unsaturated/α-hetero) is 1. The first-order valence-electron chi connectivity index (χ1n) is 10.0. The molecule has 162 valence electrons. The molecule has 32 heavy (non-hydrogen) atoms. The quantitative estimate of drug-likeness (QED) is 0.287. The average Bonchev–Trinajstić information content (AvgIpc) is 3.48. The number of hydrogen-bond acceptors (Lipinski definition) is 7. The highest BCUT2D eigenvalue weighted by Gasteiger charge is 2.25. The van der Waals surface area contributed by atoms with E-state index in [0.29, 0.717) is 23.0 Å². The van der Waals surface area contributed by atoms with Crippen LogP contribution in [-0.4, -0.2) is 31.9 Å². The summed E-state index contributed by atoms with van der Waals surface area (Å²) in [6, 6.07) is 20.5. The number of nitrogens with zero attached hydrogens (tertiary/aromatic N) is 4. The van der Waals surface area contributed by atoms with Crippen molar-refractivity contribution in [2.75, 3.05) is 5.32 Å². The molecule has 0 aliphatic heterocycles. The summed E-state index contributed by atoms with van der Waals surface area (Å²) in [6.07, 6.45) is 0.816. The Kier molecular flexibility index (Phi) is 7.08. The Labute approximate surface area is 193 Å². The molecule has 0 spiro atoms. The van der Waals surface area contributed by atoms with E-state index in [2.05, 4.69) is 26.9 Å². The molecule has 2 aromatic carbocycles. The van der Waals surface area contributed by atoms with Crippen molar-refractivity contribution in [1.82, 2.24) is 20.2 Å². The molecule has 0 aliphatic carbocycles. The number of hydrogen-bond donors (Lipinski definition) is 1. The third-order valence-corrected chi connectivity index (χ3v) is 6.91. The summed E-state index contributed by atoms with van der Waals surface area (Å²) < 4.78 is 1.73. The number of ketones is 1. The van der Waals surface area contributed by atoms with Crippen molar-refractivity contribution in [2.45, 2.75) is 30.3 Å². The number of rotatable bonds is 9. The van der Waals surface area contributed by atoms with Gasteiger partial charge in [0, 0.05) is 22.5 Å². The predicted octanol–water partition coefficient (Wildman–Crippen LogP) is 4.65. The first kappa shape index (κ1) is 21.9. The van der Waals surface area contributed by atoms with Crippen molar-refractivity contribution < 1.29 is 9.59 Å². The second-order valence-electron chi connectivity index (χ2n) is 7.05. The van der Waals surface area contributed by atoms with Crippen LogP contribution in [0.4, 0.5) is 5.69 Å². The topological polar surface area (TPSA) is 89.8 Å². The molecule has 0 radical (unpaired) electrons. The van der Waals surface area contributed by atoms with Gasteiger partial charge in [0.05, 0.1) is 6.54 Å². The van der Waals surface area contributed by atoms with E-state index in [1.165, 1.54) is 23.6 Å². The van der Waals surface area contributed by atoms with Crippen LogP contribution >= 0.6 is 23.1 Å². The number of nitrogens with one attached hydrogen (secondary N) is 1. The predicted molar refractivity (Wildman–Crippen MR) is 126 cm³/mol. The van der Waals surface area contributed by atoms with E-state index in [4.69, 9.17) is 0 Å². The Balaban J connectivity index is 1.54. The fourth-order valence-corrected chi connectivity index (χ4v) is 4.82. The van der Waals surface area contributed by atoms with Crippen LogP contribution < -0.4 is 5.32 Å². The number of tetrazole rings is 1. The van der Waals surface area contributed by atoms with Crippen LogP contribution in [0.15, 0.2) is 77.3 Å². The Morgan fingerprint density at radius 2 is 1.94 bits per heavy atom. The van der Waals surface area contributed by atoms with E-state index >= 15 is 0 Å². The molecule has 4 aromatic rings.